The van der Waals surface area contributed by atoms with Crippen LogP contribution in [0.2, 0.25) is 0 Å². The van der Waals surface area contributed by atoms with Gasteiger partial charge in [0.2, 0.25) is 5.91 Å². The van der Waals surface area contributed by atoms with Crippen LogP contribution < -0.4 is 25.6 Å². The summed E-state index contributed by atoms with van der Waals surface area (Å²) < 4.78 is 11.3. The van der Waals surface area contributed by atoms with Crippen molar-refractivity contribution in [2.75, 3.05) is 13.2 Å². The van der Waals surface area contributed by atoms with Gasteiger partial charge in [0.25, 0.3) is 0 Å². The Bertz CT molecular complexity index is 645. The molecule has 136 valence electrons. The van der Waals surface area contributed by atoms with Gasteiger partial charge in [-0.2, -0.15) is 0 Å². The van der Waals surface area contributed by atoms with E-state index in [1.807, 2.05) is 18.2 Å². The summed E-state index contributed by atoms with van der Waals surface area (Å²) >= 11 is 0. The Labute approximate surface area is 148 Å². The number of hydrogen-bond donors (Lipinski definition) is 3. The third-order valence-electron chi connectivity index (χ3n) is 5.33. The van der Waals surface area contributed by atoms with Gasteiger partial charge in [0.15, 0.2) is 11.5 Å². The fourth-order valence-corrected chi connectivity index (χ4v) is 3.70. The molecule has 3 N–H and O–H groups in total. The maximum absolute atomic E-state index is 12.7. The SMILES string of the molecule is CC(C)C(NC(=O)C1CC(C2CC2)NN1)c1ccc2c(c1)OCCO2. The molecular formula is C19H27N3O3. The van der Waals surface area contributed by atoms with Crippen molar-refractivity contribution in [2.24, 2.45) is 11.8 Å². The van der Waals surface area contributed by atoms with Gasteiger partial charge >= 0.3 is 0 Å². The van der Waals surface area contributed by atoms with Crippen LogP contribution in [-0.4, -0.2) is 31.2 Å². The van der Waals surface area contributed by atoms with Gasteiger partial charge in [0, 0.05) is 6.04 Å². The van der Waals surface area contributed by atoms with E-state index in [-0.39, 0.29) is 23.9 Å². The van der Waals surface area contributed by atoms with E-state index in [4.69, 9.17) is 9.47 Å². The van der Waals surface area contributed by atoms with Crippen molar-refractivity contribution in [3.05, 3.63) is 23.8 Å². The number of fused-ring (bicyclic) bond motifs is 1. The maximum Gasteiger partial charge on any atom is 0.239 e. The molecule has 1 aromatic rings. The smallest absolute Gasteiger partial charge is 0.239 e. The molecular weight excluding hydrogens is 318 g/mol. The number of rotatable bonds is 5. The lowest BCUT2D eigenvalue weighted by Gasteiger charge is -2.26. The molecule has 1 amide bonds. The summed E-state index contributed by atoms with van der Waals surface area (Å²) in [4.78, 5) is 12.7. The molecule has 0 aromatic heterocycles. The fraction of sp³-hybridized carbons (Fsp3) is 0.632. The van der Waals surface area contributed by atoms with Gasteiger partial charge in [0.1, 0.15) is 19.3 Å². The Morgan fingerprint density at radius 1 is 1.16 bits per heavy atom. The van der Waals surface area contributed by atoms with Gasteiger partial charge in [-0.25, -0.2) is 5.43 Å². The molecule has 3 atom stereocenters. The van der Waals surface area contributed by atoms with E-state index in [2.05, 4.69) is 30.0 Å². The highest BCUT2D eigenvalue weighted by atomic mass is 16.6. The van der Waals surface area contributed by atoms with Gasteiger partial charge in [0.05, 0.1) is 6.04 Å². The molecule has 25 heavy (non-hydrogen) atoms. The standard InChI is InChI=1S/C19H27N3O3/c1-11(2)18(13-5-6-16-17(9-13)25-8-7-24-16)20-19(23)15-10-14(21-22-15)12-3-4-12/h5-6,9,11-12,14-15,18,21-22H,3-4,7-8,10H2,1-2H3,(H,20,23). The zero-order valence-corrected chi connectivity index (χ0v) is 14.9. The molecule has 6 heteroatoms. The molecule has 4 rings (SSSR count). The molecule has 0 spiro atoms. The van der Waals surface area contributed by atoms with Crippen molar-refractivity contribution < 1.29 is 14.3 Å². The van der Waals surface area contributed by atoms with E-state index in [9.17, 15) is 4.79 Å². The van der Waals surface area contributed by atoms with Gasteiger partial charge in [-0.1, -0.05) is 19.9 Å². The van der Waals surface area contributed by atoms with Crippen LogP contribution in [0, 0.1) is 11.8 Å². The highest BCUT2D eigenvalue weighted by molar-refractivity contribution is 5.82. The first-order valence-electron chi connectivity index (χ1n) is 9.33. The number of amides is 1. The summed E-state index contributed by atoms with van der Waals surface area (Å²) in [5.41, 5.74) is 7.51. The lowest BCUT2D eigenvalue weighted by Crippen LogP contribution is -2.45. The summed E-state index contributed by atoms with van der Waals surface area (Å²) in [6.45, 7) is 5.39. The monoisotopic (exact) mass is 345 g/mol. The first kappa shape index (κ1) is 16.7. The van der Waals surface area contributed by atoms with Crippen LogP contribution in [0.25, 0.3) is 0 Å². The predicted molar refractivity (Wildman–Crippen MR) is 94.3 cm³/mol. The highest BCUT2D eigenvalue weighted by Gasteiger charge is 2.39. The van der Waals surface area contributed by atoms with E-state index < -0.39 is 0 Å². The molecule has 1 aliphatic carbocycles. The maximum atomic E-state index is 12.7. The number of benzene rings is 1. The normalized spacial score (nSPS) is 26.5. The molecule has 0 radical (unpaired) electrons. The van der Waals surface area contributed by atoms with Crippen LogP contribution in [0.5, 0.6) is 11.5 Å². The van der Waals surface area contributed by atoms with E-state index in [1.54, 1.807) is 0 Å². The lowest BCUT2D eigenvalue weighted by molar-refractivity contribution is -0.124. The van der Waals surface area contributed by atoms with Crippen LogP contribution >= 0.6 is 0 Å². The summed E-state index contributed by atoms with van der Waals surface area (Å²) in [6, 6.07) is 6.17. The molecule has 3 unspecified atom stereocenters. The van der Waals surface area contributed by atoms with Crippen molar-refractivity contribution in [2.45, 2.75) is 51.2 Å². The van der Waals surface area contributed by atoms with Crippen LogP contribution in [0.15, 0.2) is 18.2 Å². The van der Waals surface area contributed by atoms with E-state index in [0.29, 0.717) is 19.3 Å². The number of carbonyl (C=O) groups excluding carboxylic acids is 1. The van der Waals surface area contributed by atoms with Crippen molar-refractivity contribution in [3.63, 3.8) is 0 Å². The molecule has 0 bridgehead atoms. The van der Waals surface area contributed by atoms with Crippen LogP contribution in [0.4, 0.5) is 0 Å². The highest BCUT2D eigenvalue weighted by Crippen LogP contribution is 2.36. The lowest BCUT2D eigenvalue weighted by atomic mass is 9.94. The molecule has 2 fully saturated rings. The number of nitrogens with one attached hydrogen (secondary N) is 3. The summed E-state index contributed by atoms with van der Waals surface area (Å²) in [5, 5.41) is 3.22. The number of hydrazine groups is 1. The van der Waals surface area contributed by atoms with Crippen molar-refractivity contribution in [1.29, 1.82) is 0 Å². The Kier molecular flexibility index (Phi) is 4.56. The van der Waals surface area contributed by atoms with Gasteiger partial charge < -0.3 is 14.8 Å². The van der Waals surface area contributed by atoms with Gasteiger partial charge in [-0.15, -0.1) is 0 Å². The second-order valence-electron chi connectivity index (χ2n) is 7.65. The average Bonchev–Trinajstić information content (AvgIpc) is 3.35. The van der Waals surface area contributed by atoms with Crippen LogP contribution in [-0.2, 0) is 4.79 Å². The Morgan fingerprint density at radius 3 is 2.64 bits per heavy atom. The topological polar surface area (TPSA) is 71.6 Å². The Morgan fingerprint density at radius 2 is 1.92 bits per heavy atom. The second kappa shape index (κ2) is 6.84. The van der Waals surface area contributed by atoms with Crippen molar-refractivity contribution in [1.82, 2.24) is 16.2 Å². The van der Waals surface area contributed by atoms with Crippen molar-refractivity contribution >= 4 is 5.91 Å². The minimum Gasteiger partial charge on any atom is -0.486 e. The number of ether oxygens (including phenoxy) is 2. The molecule has 2 heterocycles. The average molecular weight is 345 g/mol. The summed E-state index contributed by atoms with van der Waals surface area (Å²) in [7, 11) is 0. The van der Waals surface area contributed by atoms with Gasteiger partial charge in [-0.3, -0.25) is 10.2 Å². The molecule has 6 nitrogen and oxygen atoms in total. The first-order valence-corrected chi connectivity index (χ1v) is 9.33. The zero-order valence-electron chi connectivity index (χ0n) is 14.9. The summed E-state index contributed by atoms with van der Waals surface area (Å²) in [5.74, 6) is 2.62. The molecule has 2 aliphatic heterocycles. The first-order chi connectivity index (χ1) is 12.1. The predicted octanol–water partition coefficient (Wildman–Crippen LogP) is 1.92. The van der Waals surface area contributed by atoms with E-state index >= 15 is 0 Å². The Hall–Kier alpha value is -1.79. The largest absolute Gasteiger partial charge is 0.486 e. The second-order valence-corrected chi connectivity index (χ2v) is 7.65. The van der Waals surface area contributed by atoms with Gasteiger partial charge in [-0.05, 0) is 48.8 Å². The van der Waals surface area contributed by atoms with Crippen molar-refractivity contribution in [3.8, 4) is 11.5 Å². The third-order valence-corrected chi connectivity index (χ3v) is 5.33. The van der Waals surface area contributed by atoms with Crippen LogP contribution in [0.1, 0.15) is 44.7 Å². The van der Waals surface area contributed by atoms with E-state index in [0.717, 1.165) is 29.4 Å². The van der Waals surface area contributed by atoms with E-state index in [1.165, 1.54) is 12.8 Å². The number of hydrogen-bond acceptors (Lipinski definition) is 5. The molecule has 1 aromatic carbocycles. The minimum atomic E-state index is -0.163. The Balaban J connectivity index is 1.45. The summed E-state index contributed by atoms with van der Waals surface area (Å²) in [6.07, 6.45) is 3.42. The molecule has 3 aliphatic rings. The zero-order chi connectivity index (χ0) is 17.4. The molecule has 1 saturated carbocycles. The fourth-order valence-electron chi connectivity index (χ4n) is 3.70. The minimum absolute atomic E-state index is 0.0508. The third kappa shape index (κ3) is 3.60. The van der Waals surface area contributed by atoms with Crippen LogP contribution in [0.3, 0.4) is 0 Å². The quantitative estimate of drug-likeness (QED) is 0.760. The number of carbonyl (C=O) groups is 1. The molecule has 1 saturated heterocycles.